The van der Waals surface area contributed by atoms with Gasteiger partial charge in [0.25, 0.3) is 0 Å². The standard InChI is InChI=1S/C72H132O6/c1-4-7-10-13-16-19-22-25-28-31-33-34-35-36-37-38-39-42-44-47-50-53-56-59-62-65-71(74)77-68-69(67-76-70(73)64-61-58-55-52-49-46-43-40-30-27-24-21-18-15-12-9-6-3)78-72(75)66-63-60-57-54-51-48-45-41-32-29-26-23-20-17-14-11-8-5-2/h18,21-22,25,27,30-31,33,69H,4-17,19-20,23-24,26,28-29,32,34-68H2,1-3H3/b21-18-,25-22-,30-27-,33-31-. The number of carbonyl (C=O) groups excluding carboxylic acids is 3. The highest BCUT2D eigenvalue weighted by atomic mass is 16.6. The Balaban J connectivity index is 4.30. The van der Waals surface area contributed by atoms with E-state index in [1.165, 1.54) is 257 Å². The van der Waals surface area contributed by atoms with Gasteiger partial charge < -0.3 is 14.2 Å². The van der Waals surface area contributed by atoms with Crippen molar-refractivity contribution in [2.75, 3.05) is 13.2 Å². The lowest BCUT2D eigenvalue weighted by molar-refractivity contribution is -0.167. The van der Waals surface area contributed by atoms with Crippen LogP contribution in [0.15, 0.2) is 48.6 Å². The van der Waals surface area contributed by atoms with Crippen LogP contribution in [-0.4, -0.2) is 37.2 Å². The van der Waals surface area contributed by atoms with Crippen molar-refractivity contribution in [2.45, 2.75) is 380 Å². The van der Waals surface area contributed by atoms with Gasteiger partial charge >= 0.3 is 17.9 Å². The van der Waals surface area contributed by atoms with Gasteiger partial charge in [-0.15, -0.1) is 0 Å². The Kier molecular flexibility index (Phi) is 64.6. The van der Waals surface area contributed by atoms with Crippen LogP contribution < -0.4 is 0 Å². The molecule has 0 radical (unpaired) electrons. The van der Waals surface area contributed by atoms with Crippen LogP contribution in [0.25, 0.3) is 0 Å². The molecule has 78 heavy (non-hydrogen) atoms. The molecule has 0 aromatic heterocycles. The predicted octanol–water partition coefficient (Wildman–Crippen LogP) is 23.7. The Hall–Kier alpha value is -2.63. The van der Waals surface area contributed by atoms with Gasteiger partial charge in [-0.3, -0.25) is 14.4 Å². The van der Waals surface area contributed by atoms with Crippen molar-refractivity contribution in [1.82, 2.24) is 0 Å². The first-order chi connectivity index (χ1) is 38.5. The number of allylic oxidation sites excluding steroid dienone is 8. The van der Waals surface area contributed by atoms with Gasteiger partial charge in [0.2, 0.25) is 0 Å². The van der Waals surface area contributed by atoms with Crippen LogP contribution in [0.1, 0.15) is 374 Å². The molecule has 0 saturated heterocycles. The maximum atomic E-state index is 12.9. The Labute approximate surface area is 486 Å². The molecule has 0 aliphatic heterocycles. The van der Waals surface area contributed by atoms with E-state index < -0.39 is 6.10 Å². The van der Waals surface area contributed by atoms with E-state index in [2.05, 4.69) is 69.4 Å². The van der Waals surface area contributed by atoms with E-state index in [0.29, 0.717) is 19.3 Å². The fraction of sp³-hybridized carbons (Fsp3) is 0.847. The van der Waals surface area contributed by atoms with E-state index in [-0.39, 0.29) is 31.1 Å². The largest absolute Gasteiger partial charge is 0.462 e. The fourth-order valence-corrected chi connectivity index (χ4v) is 10.3. The zero-order valence-electron chi connectivity index (χ0n) is 52.5. The first kappa shape index (κ1) is 75.4. The zero-order valence-corrected chi connectivity index (χ0v) is 52.5. The molecule has 0 rings (SSSR count). The molecule has 0 aromatic rings. The highest BCUT2D eigenvalue weighted by Gasteiger charge is 2.19. The van der Waals surface area contributed by atoms with E-state index >= 15 is 0 Å². The Morgan fingerprint density at radius 2 is 0.462 bits per heavy atom. The van der Waals surface area contributed by atoms with Crippen molar-refractivity contribution in [3.63, 3.8) is 0 Å². The summed E-state index contributed by atoms with van der Waals surface area (Å²) in [6.07, 6.45) is 84.1. The first-order valence-electron chi connectivity index (χ1n) is 34.6. The zero-order chi connectivity index (χ0) is 56.4. The summed E-state index contributed by atoms with van der Waals surface area (Å²) in [5.41, 5.74) is 0. The van der Waals surface area contributed by atoms with Crippen molar-refractivity contribution in [1.29, 1.82) is 0 Å². The van der Waals surface area contributed by atoms with Gasteiger partial charge in [-0.05, 0) is 83.5 Å². The number of esters is 3. The summed E-state index contributed by atoms with van der Waals surface area (Å²) in [5.74, 6) is -0.854. The number of carbonyl (C=O) groups is 3. The molecule has 0 saturated carbocycles. The Morgan fingerprint density at radius 3 is 0.731 bits per heavy atom. The topological polar surface area (TPSA) is 78.9 Å². The number of hydrogen-bond donors (Lipinski definition) is 0. The molecule has 0 amide bonds. The van der Waals surface area contributed by atoms with Gasteiger partial charge in [-0.25, -0.2) is 0 Å². The van der Waals surface area contributed by atoms with E-state index in [1.54, 1.807) is 0 Å². The van der Waals surface area contributed by atoms with E-state index in [0.717, 1.165) is 77.0 Å². The molecule has 1 atom stereocenters. The van der Waals surface area contributed by atoms with Crippen LogP contribution in [-0.2, 0) is 28.6 Å². The minimum atomic E-state index is -0.776. The lowest BCUT2D eigenvalue weighted by atomic mass is 10.0. The third-order valence-electron chi connectivity index (χ3n) is 15.6. The van der Waals surface area contributed by atoms with Crippen molar-refractivity contribution in [2.24, 2.45) is 0 Å². The second kappa shape index (κ2) is 66.9. The Morgan fingerprint density at radius 1 is 0.256 bits per heavy atom. The molecule has 6 heteroatoms. The maximum Gasteiger partial charge on any atom is 0.306 e. The molecule has 0 aliphatic carbocycles. The third-order valence-corrected chi connectivity index (χ3v) is 15.6. The van der Waals surface area contributed by atoms with Crippen LogP contribution in [0, 0.1) is 0 Å². The van der Waals surface area contributed by atoms with Crippen LogP contribution in [0.3, 0.4) is 0 Å². The van der Waals surface area contributed by atoms with Crippen LogP contribution in [0.2, 0.25) is 0 Å². The summed E-state index contributed by atoms with van der Waals surface area (Å²) in [4.78, 5) is 38.4. The number of rotatable bonds is 64. The molecule has 456 valence electrons. The van der Waals surface area contributed by atoms with Crippen molar-refractivity contribution in [3.8, 4) is 0 Å². The smallest absolute Gasteiger partial charge is 0.306 e. The summed E-state index contributed by atoms with van der Waals surface area (Å²) in [5, 5.41) is 0. The molecule has 0 aliphatic rings. The fourth-order valence-electron chi connectivity index (χ4n) is 10.3. The molecule has 0 spiro atoms. The number of hydrogen-bond acceptors (Lipinski definition) is 6. The molecular formula is C72H132O6. The lowest BCUT2D eigenvalue weighted by Gasteiger charge is -2.18. The second-order valence-electron chi connectivity index (χ2n) is 23.4. The van der Waals surface area contributed by atoms with Gasteiger partial charge in [-0.1, -0.05) is 320 Å². The van der Waals surface area contributed by atoms with Gasteiger partial charge in [-0.2, -0.15) is 0 Å². The van der Waals surface area contributed by atoms with E-state index in [9.17, 15) is 14.4 Å². The number of unbranched alkanes of at least 4 members (excludes halogenated alkanes) is 45. The molecule has 0 heterocycles. The first-order valence-corrected chi connectivity index (χ1v) is 34.6. The molecular weight excluding hydrogens is 961 g/mol. The molecule has 0 bridgehead atoms. The maximum absolute atomic E-state index is 12.9. The van der Waals surface area contributed by atoms with Crippen molar-refractivity contribution in [3.05, 3.63) is 48.6 Å². The highest BCUT2D eigenvalue weighted by molar-refractivity contribution is 5.71. The van der Waals surface area contributed by atoms with Crippen LogP contribution in [0.4, 0.5) is 0 Å². The monoisotopic (exact) mass is 1090 g/mol. The lowest BCUT2D eigenvalue weighted by Crippen LogP contribution is -2.30. The Bertz CT molecular complexity index is 1350. The van der Waals surface area contributed by atoms with E-state index in [1.807, 2.05) is 0 Å². The normalized spacial score (nSPS) is 12.3. The summed E-state index contributed by atoms with van der Waals surface area (Å²) in [6, 6.07) is 0. The summed E-state index contributed by atoms with van der Waals surface area (Å²) in [7, 11) is 0. The minimum Gasteiger partial charge on any atom is -0.462 e. The van der Waals surface area contributed by atoms with Crippen LogP contribution in [0.5, 0.6) is 0 Å². The summed E-state index contributed by atoms with van der Waals surface area (Å²) >= 11 is 0. The van der Waals surface area contributed by atoms with Gasteiger partial charge in [0.1, 0.15) is 13.2 Å². The van der Waals surface area contributed by atoms with Gasteiger partial charge in [0.15, 0.2) is 6.10 Å². The van der Waals surface area contributed by atoms with Gasteiger partial charge in [0, 0.05) is 19.3 Å². The molecule has 0 aromatic carbocycles. The molecule has 0 fully saturated rings. The average molecular weight is 1090 g/mol. The SMILES string of the molecule is CCCCC/C=C\C/C=C\CCCCCCCCCC(=O)OCC(COC(=O)CCCCCCCCCCCCCCC/C=C\C/C=C\CCCCCCC)OC(=O)CCCCCCCCCCCCCCCCCCCC. The quantitative estimate of drug-likeness (QED) is 0.0261. The van der Waals surface area contributed by atoms with Crippen molar-refractivity contribution >= 4 is 17.9 Å². The average Bonchev–Trinajstić information content (AvgIpc) is 3.44. The molecule has 1 unspecified atom stereocenters. The highest BCUT2D eigenvalue weighted by Crippen LogP contribution is 2.18. The summed E-state index contributed by atoms with van der Waals surface area (Å²) < 4.78 is 17.0. The third kappa shape index (κ3) is 64.2. The van der Waals surface area contributed by atoms with Gasteiger partial charge in [0.05, 0.1) is 0 Å². The predicted molar refractivity (Wildman–Crippen MR) is 339 cm³/mol. The van der Waals surface area contributed by atoms with E-state index in [4.69, 9.17) is 14.2 Å². The van der Waals surface area contributed by atoms with Crippen LogP contribution >= 0.6 is 0 Å². The minimum absolute atomic E-state index is 0.0717. The molecule has 6 nitrogen and oxygen atoms in total. The second-order valence-corrected chi connectivity index (χ2v) is 23.4. The number of ether oxygens (including phenoxy) is 3. The van der Waals surface area contributed by atoms with Crippen molar-refractivity contribution < 1.29 is 28.6 Å². The molecule has 0 N–H and O–H groups in total. The summed E-state index contributed by atoms with van der Waals surface area (Å²) in [6.45, 7) is 6.67.